The van der Waals surface area contributed by atoms with Gasteiger partial charge in [-0.05, 0) is 35.7 Å². The van der Waals surface area contributed by atoms with E-state index < -0.39 is 16.1 Å². The molecule has 0 aliphatic carbocycles. The molecular formula is C14H12ClNO3S4. The van der Waals surface area contributed by atoms with Crippen LogP contribution in [0.3, 0.4) is 0 Å². The molecule has 4 nitrogen and oxygen atoms in total. The van der Waals surface area contributed by atoms with E-state index in [1.54, 1.807) is 11.3 Å². The second-order valence-electron chi connectivity index (χ2n) is 4.61. The number of nitrogens with one attached hydrogen (secondary N) is 1. The molecule has 0 amide bonds. The fourth-order valence-electron chi connectivity index (χ4n) is 1.89. The molecule has 3 aromatic heterocycles. The Labute approximate surface area is 151 Å². The summed E-state index contributed by atoms with van der Waals surface area (Å²) in [7, 11) is -3.65. The first kappa shape index (κ1) is 17.1. The zero-order valence-corrected chi connectivity index (χ0v) is 15.6. The fourth-order valence-corrected chi connectivity index (χ4v) is 6.28. The van der Waals surface area contributed by atoms with E-state index in [0.29, 0.717) is 4.34 Å². The smallest absolute Gasteiger partial charge is 0.250 e. The van der Waals surface area contributed by atoms with Crippen LogP contribution >= 0.6 is 45.6 Å². The highest BCUT2D eigenvalue weighted by Crippen LogP contribution is 2.34. The van der Waals surface area contributed by atoms with Crippen LogP contribution in [0.5, 0.6) is 0 Å². The lowest BCUT2D eigenvalue weighted by Crippen LogP contribution is -2.27. The van der Waals surface area contributed by atoms with Crippen molar-refractivity contribution in [2.24, 2.45) is 0 Å². The van der Waals surface area contributed by atoms with Crippen molar-refractivity contribution in [2.75, 3.05) is 6.54 Å². The van der Waals surface area contributed by atoms with Gasteiger partial charge in [0, 0.05) is 21.2 Å². The van der Waals surface area contributed by atoms with E-state index in [0.717, 1.165) is 26.0 Å². The maximum atomic E-state index is 12.1. The van der Waals surface area contributed by atoms with Crippen molar-refractivity contribution in [1.29, 1.82) is 0 Å². The maximum absolute atomic E-state index is 12.1. The van der Waals surface area contributed by atoms with Crippen LogP contribution in [0.1, 0.15) is 11.0 Å². The van der Waals surface area contributed by atoms with Crippen LogP contribution in [-0.2, 0) is 10.0 Å². The van der Waals surface area contributed by atoms with Gasteiger partial charge in [0.05, 0.1) is 4.34 Å². The molecule has 0 fully saturated rings. The molecule has 0 bridgehead atoms. The lowest BCUT2D eigenvalue weighted by Gasteiger charge is -2.09. The molecule has 0 aromatic carbocycles. The van der Waals surface area contributed by atoms with Gasteiger partial charge in [0.15, 0.2) is 0 Å². The van der Waals surface area contributed by atoms with E-state index in [9.17, 15) is 13.5 Å². The Morgan fingerprint density at radius 2 is 1.96 bits per heavy atom. The highest BCUT2D eigenvalue weighted by molar-refractivity contribution is 7.91. The first-order valence-electron chi connectivity index (χ1n) is 6.52. The molecule has 122 valence electrons. The molecule has 1 atom stereocenters. The summed E-state index contributed by atoms with van der Waals surface area (Å²) in [5, 5.41) is 12.2. The Bertz CT molecular complexity index is 883. The van der Waals surface area contributed by atoms with Crippen molar-refractivity contribution in [3.05, 3.63) is 51.0 Å². The Morgan fingerprint density at radius 3 is 2.61 bits per heavy atom. The summed E-state index contributed by atoms with van der Waals surface area (Å²) < 4.78 is 27.2. The number of hydrogen-bond acceptors (Lipinski definition) is 6. The third kappa shape index (κ3) is 4.03. The van der Waals surface area contributed by atoms with Crippen LogP contribution in [0.15, 0.2) is 46.0 Å². The minimum absolute atomic E-state index is 0.0811. The van der Waals surface area contributed by atoms with Gasteiger partial charge >= 0.3 is 0 Å². The highest BCUT2D eigenvalue weighted by atomic mass is 35.5. The second-order valence-corrected chi connectivity index (χ2v) is 10.4. The molecule has 0 saturated heterocycles. The Hall–Kier alpha value is -0.740. The largest absolute Gasteiger partial charge is 0.386 e. The SMILES string of the molecule is O=S(=O)(NC[C@@H](O)c1ccc(-c2cccs2)s1)c1ccc(Cl)s1. The van der Waals surface area contributed by atoms with Gasteiger partial charge in [0.1, 0.15) is 10.3 Å². The van der Waals surface area contributed by atoms with Gasteiger partial charge in [-0.1, -0.05) is 17.7 Å². The van der Waals surface area contributed by atoms with E-state index in [-0.39, 0.29) is 10.8 Å². The van der Waals surface area contributed by atoms with Gasteiger partial charge in [-0.3, -0.25) is 0 Å². The highest BCUT2D eigenvalue weighted by Gasteiger charge is 2.19. The number of halogens is 1. The molecule has 3 aromatic rings. The van der Waals surface area contributed by atoms with Crippen LogP contribution < -0.4 is 4.72 Å². The Balaban J connectivity index is 1.67. The van der Waals surface area contributed by atoms with E-state index in [4.69, 9.17) is 11.6 Å². The topological polar surface area (TPSA) is 66.4 Å². The standard InChI is InChI=1S/C14H12ClNO3S4/c15-13-5-6-14(22-13)23(18,19)16-8-9(17)10-3-4-12(21-10)11-2-1-7-20-11/h1-7,9,16-17H,8H2/t9-/m1/s1. The predicted octanol–water partition coefficient (Wildman–Crippen LogP) is 4.20. The van der Waals surface area contributed by atoms with Crippen molar-refractivity contribution in [2.45, 2.75) is 10.3 Å². The van der Waals surface area contributed by atoms with Crippen LogP contribution in [0.2, 0.25) is 4.34 Å². The third-order valence-electron chi connectivity index (χ3n) is 3.00. The van der Waals surface area contributed by atoms with Gasteiger partial charge in [-0.2, -0.15) is 0 Å². The quantitative estimate of drug-likeness (QED) is 0.645. The molecule has 23 heavy (non-hydrogen) atoms. The van der Waals surface area contributed by atoms with Crippen LogP contribution in [-0.4, -0.2) is 20.1 Å². The molecule has 0 spiro atoms. The van der Waals surface area contributed by atoms with Crippen molar-refractivity contribution in [1.82, 2.24) is 4.72 Å². The normalized spacial score (nSPS) is 13.3. The molecule has 0 unspecified atom stereocenters. The summed E-state index contributed by atoms with van der Waals surface area (Å²) in [6.07, 6.45) is -0.890. The molecule has 0 saturated carbocycles. The van der Waals surface area contributed by atoms with E-state index in [1.165, 1.54) is 23.5 Å². The average Bonchev–Trinajstić information content (AvgIpc) is 3.24. The number of thiophene rings is 3. The number of hydrogen-bond donors (Lipinski definition) is 2. The summed E-state index contributed by atoms with van der Waals surface area (Å²) in [6.45, 7) is -0.0811. The van der Waals surface area contributed by atoms with Gasteiger partial charge < -0.3 is 5.11 Å². The van der Waals surface area contributed by atoms with Crippen molar-refractivity contribution < 1.29 is 13.5 Å². The average molecular weight is 406 g/mol. The third-order valence-corrected chi connectivity index (χ3v) is 8.40. The second kappa shape index (κ2) is 7.02. The molecule has 3 rings (SSSR count). The monoisotopic (exact) mass is 405 g/mol. The van der Waals surface area contributed by atoms with Crippen molar-refractivity contribution in [3.63, 3.8) is 0 Å². The summed E-state index contributed by atoms with van der Waals surface area (Å²) in [4.78, 5) is 2.91. The van der Waals surface area contributed by atoms with E-state index in [1.807, 2.05) is 29.6 Å². The van der Waals surface area contributed by atoms with Crippen molar-refractivity contribution >= 4 is 55.6 Å². The van der Waals surface area contributed by atoms with Crippen LogP contribution in [0.4, 0.5) is 0 Å². The molecular weight excluding hydrogens is 394 g/mol. The number of rotatable bonds is 6. The van der Waals surface area contributed by atoms with E-state index >= 15 is 0 Å². The fraction of sp³-hybridized carbons (Fsp3) is 0.143. The maximum Gasteiger partial charge on any atom is 0.250 e. The first-order chi connectivity index (χ1) is 11.0. The van der Waals surface area contributed by atoms with Crippen LogP contribution in [0, 0.1) is 0 Å². The van der Waals surface area contributed by atoms with E-state index in [2.05, 4.69) is 4.72 Å². The molecule has 9 heteroatoms. The zero-order valence-electron chi connectivity index (χ0n) is 11.6. The Morgan fingerprint density at radius 1 is 1.13 bits per heavy atom. The summed E-state index contributed by atoms with van der Waals surface area (Å²) >= 11 is 9.82. The lowest BCUT2D eigenvalue weighted by molar-refractivity contribution is 0.186. The van der Waals surface area contributed by atoms with Gasteiger partial charge in [-0.25, -0.2) is 13.1 Å². The summed E-state index contributed by atoms with van der Waals surface area (Å²) in [5.41, 5.74) is 0. The minimum atomic E-state index is -3.65. The van der Waals surface area contributed by atoms with Crippen LogP contribution in [0.25, 0.3) is 9.75 Å². The number of aliphatic hydroxyl groups is 1. The molecule has 0 radical (unpaired) electrons. The lowest BCUT2D eigenvalue weighted by atomic mass is 10.3. The Kier molecular flexibility index (Phi) is 5.22. The molecule has 0 aliphatic heterocycles. The molecule has 3 heterocycles. The predicted molar refractivity (Wildman–Crippen MR) is 97.1 cm³/mol. The number of aliphatic hydroxyl groups excluding tert-OH is 1. The number of sulfonamides is 1. The first-order valence-corrected chi connectivity index (χ1v) is 10.9. The summed E-state index contributed by atoms with van der Waals surface area (Å²) in [6, 6.07) is 10.7. The molecule has 0 aliphatic rings. The zero-order chi connectivity index (χ0) is 16.4. The van der Waals surface area contributed by atoms with Crippen molar-refractivity contribution in [3.8, 4) is 9.75 Å². The van der Waals surface area contributed by atoms with Gasteiger partial charge in [-0.15, -0.1) is 34.0 Å². The molecule has 2 N–H and O–H groups in total. The summed E-state index contributed by atoms with van der Waals surface area (Å²) in [5.74, 6) is 0. The minimum Gasteiger partial charge on any atom is -0.386 e. The van der Waals surface area contributed by atoms with Gasteiger partial charge in [0.25, 0.3) is 0 Å². The van der Waals surface area contributed by atoms with Gasteiger partial charge in [0.2, 0.25) is 10.0 Å².